The van der Waals surface area contributed by atoms with Crippen LogP contribution in [0.3, 0.4) is 0 Å². The van der Waals surface area contributed by atoms with E-state index in [9.17, 15) is 0 Å². The summed E-state index contributed by atoms with van der Waals surface area (Å²) < 4.78 is 16.7. The Hall–Kier alpha value is -1.26. The minimum Gasteiger partial charge on any atom is -0.497 e. The van der Waals surface area contributed by atoms with Gasteiger partial charge in [-0.1, -0.05) is 19.9 Å². The van der Waals surface area contributed by atoms with E-state index in [1.54, 1.807) is 7.11 Å². The van der Waals surface area contributed by atoms with Crippen molar-refractivity contribution < 1.29 is 14.2 Å². The number of hydrogen-bond acceptors (Lipinski definition) is 4. The second-order valence-electron chi connectivity index (χ2n) is 5.11. The highest BCUT2D eigenvalue weighted by molar-refractivity contribution is 5.41. The summed E-state index contributed by atoms with van der Waals surface area (Å²) in [4.78, 5) is 0. The molecule has 1 saturated heterocycles. The van der Waals surface area contributed by atoms with E-state index >= 15 is 0 Å². The van der Waals surface area contributed by atoms with Crippen molar-refractivity contribution in [2.45, 2.75) is 39.0 Å². The van der Waals surface area contributed by atoms with Crippen molar-refractivity contribution in [3.05, 3.63) is 23.8 Å². The molecule has 1 atom stereocenters. The normalized spacial score (nSPS) is 18.8. The number of benzene rings is 1. The average Bonchev–Trinajstić information content (AvgIpc) is 2.90. The maximum atomic E-state index is 6.04. The van der Waals surface area contributed by atoms with Crippen LogP contribution in [0.1, 0.15) is 25.8 Å². The van der Waals surface area contributed by atoms with Crippen LogP contribution in [-0.4, -0.2) is 32.5 Å². The summed E-state index contributed by atoms with van der Waals surface area (Å²) in [6.07, 6.45) is 1.11. The van der Waals surface area contributed by atoms with Crippen LogP contribution in [0.5, 0.6) is 11.5 Å². The fourth-order valence-corrected chi connectivity index (χ4v) is 2.02. The second kappa shape index (κ2) is 6.78. The molecule has 106 valence electrons. The lowest BCUT2D eigenvalue weighted by molar-refractivity contribution is 0.140. The van der Waals surface area contributed by atoms with Gasteiger partial charge in [-0.25, -0.2) is 0 Å². The molecule has 1 heterocycles. The summed E-state index contributed by atoms with van der Waals surface area (Å²) in [7, 11) is 1.67. The zero-order chi connectivity index (χ0) is 13.7. The molecular formula is C15H23NO3. The molecule has 4 nitrogen and oxygen atoms in total. The van der Waals surface area contributed by atoms with Crippen LogP contribution >= 0.6 is 0 Å². The Labute approximate surface area is 115 Å². The summed E-state index contributed by atoms with van der Waals surface area (Å²) in [5.74, 6) is 1.71. The van der Waals surface area contributed by atoms with Crippen LogP contribution in [0, 0.1) is 0 Å². The van der Waals surface area contributed by atoms with Crippen molar-refractivity contribution in [1.82, 2.24) is 5.32 Å². The van der Waals surface area contributed by atoms with Crippen molar-refractivity contribution >= 4 is 0 Å². The third-order valence-electron chi connectivity index (χ3n) is 3.16. The number of hydrogen-bond donors (Lipinski definition) is 1. The molecule has 0 aliphatic carbocycles. The van der Waals surface area contributed by atoms with Gasteiger partial charge in [-0.3, -0.25) is 0 Å². The Kier molecular flexibility index (Phi) is 5.05. The molecule has 1 aromatic rings. The first-order valence-corrected chi connectivity index (χ1v) is 6.83. The highest BCUT2D eigenvalue weighted by Crippen LogP contribution is 2.27. The second-order valence-corrected chi connectivity index (χ2v) is 5.11. The van der Waals surface area contributed by atoms with Crippen molar-refractivity contribution in [2.75, 3.05) is 20.3 Å². The molecule has 1 aliphatic heterocycles. The lowest BCUT2D eigenvalue weighted by Crippen LogP contribution is -2.23. The summed E-state index contributed by atoms with van der Waals surface area (Å²) in [6.45, 7) is 6.52. The highest BCUT2D eigenvalue weighted by atomic mass is 16.5. The predicted octanol–water partition coefficient (Wildman–Crippen LogP) is 2.36. The standard InChI is InChI=1S/C15H23NO3/c1-11(2)16-9-12-4-5-13(17-3)8-15(12)19-14-6-7-18-10-14/h4-5,8,11,14,16H,6-7,9-10H2,1-3H3. The fourth-order valence-electron chi connectivity index (χ4n) is 2.02. The van der Waals surface area contributed by atoms with E-state index in [0.717, 1.165) is 36.6 Å². The minimum atomic E-state index is 0.157. The maximum absolute atomic E-state index is 6.04. The number of rotatable bonds is 6. The maximum Gasteiger partial charge on any atom is 0.128 e. The molecule has 2 rings (SSSR count). The number of methoxy groups -OCH3 is 1. The molecule has 0 aromatic heterocycles. The van der Waals surface area contributed by atoms with E-state index in [4.69, 9.17) is 14.2 Å². The first-order valence-electron chi connectivity index (χ1n) is 6.83. The van der Waals surface area contributed by atoms with Crippen LogP contribution in [0.25, 0.3) is 0 Å². The third-order valence-corrected chi connectivity index (χ3v) is 3.16. The van der Waals surface area contributed by atoms with Crippen molar-refractivity contribution in [3.63, 3.8) is 0 Å². The van der Waals surface area contributed by atoms with Crippen molar-refractivity contribution in [1.29, 1.82) is 0 Å². The molecule has 4 heteroatoms. The Morgan fingerprint density at radius 3 is 2.89 bits per heavy atom. The van der Waals surface area contributed by atoms with Crippen LogP contribution in [0.4, 0.5) is 0 Å². The summed E-state index contributed by atoms with van der Waals surface area (Å²) in [5, 5.41) is 3.41. The highest BCUT2D eigenvalue weighted by Gasteiger charge is 2.19. The van der Waals surface area contributed by atoms with E-state index in [2.05, 4.69) is 25.2 Å². The first kappa shape index (κ1) is 14.2. The van der Waals surface area contributed by atoms with Gasteiger partial charge in [0.05, 0.1) is 20.3 Å². The Morgan fingerprint density at radius 2 is 2.26 bits per heavy atom. The fraction of sp³-hybridized carbons (Fsp3) is 0.600. The average molecular weight is 265 g/mol. The lowest BCUT2D eigenvalue weighted by atomic mass is 10.1. The zero-order valence-corrected chi connectivity index (χ0v) is 11.9. The molecule has 0 spiro atoms. The number of nitrogens with one attached hydrogen (secondary N) is 1. The SMILES string of the molecule is COc1ccc(CNC(C)C)c(OC2CCOC2)c1. The molecule has 1 aromatic carbocycles. The summed E-state index contributed by atoms with van der Waals surface area (Å²) >= 11 is 0. The summed E-state index contributed by atoms with van der Waals surface area (Å²) in [6, 6.07) is 6.43. The van der Waals surface area contributed by atoms with Gasteiger partial charge in [-0.15, -0.1) is 0 Å². The molecule has 1 unspecified atom stereocenters. The molecule has 0 radical (unpaired) electrons. The largest absolute Gasteiger partial charge is 0.497 e. The molecule has 1 fully saturated rings. The molecule has 0 bridgehead atoms. The monoisotopic (exact) mass is 265 g/mol. The van der Waals surface area contributed by atoms with E-state index in [0.29, 0.717) is 12.6 Å². The quantitative estimate of drug-likeness (QED) is 0.857. The van der Waals surface area contributed by atoms with Gasteiger partial charge in [0.25, 0.3) is 0 Å². The van der Waals surface area contributed by atoms with Crippen molar-refractivity contribution in [3.8, 4) is 11.5 Å². The van der Waals surface area contributed by atoms with Crippen LogP contribution in [0.15, 0.2) is 18.2 Å². The third kappa shape index (κ3) is 4.11. The molecule has 0 amide bonds. The van der Waals surface area contributed by atoms with E-state index in [1.807, 2.05) is 12.1 Å². The van der Waals surface area contributed by atoms with Gasteiger partial charge >= 0.3 is 0 Å². The van der Waals surface area contributed by atoms with Gasteiger partial charge in [0, 0.05) is 30.6 Å². The minimum absolute atomic E-state index is 0.157. The van der Waals surface area contributed by atoms with Gasteiger partial charge in [0.15, 0.2) is 0 Å². The Balaban J connectivity index is 2.10. The molecular weight excluding hydrogens is 242 g/mol. The van der Waals surface area contributed by atoms with E-state index < -0.39 is 0 Å². The smallest absolute Gasteiger partial charge is 0.128 e. The zero-order valence-electron chi connectivity index (χ0n) is 11.9. The van der Waals surface area contributed by atoms with Gasteiger partial charge < -0.3 is 19.5 Å². The van der Waals surface area contributed by atoms with Gasteiger partial charge in [-0.05, 0) is 6.07 Å². The van der Waals surface area contributed by atoms with Gasteiger partial charge in [0.2, 0.25) is 0 Å². The Bertz CT molecular complexity index is 400. The lowest BCUT2D eigenvalue weighted by Gasteiger charge is -2.17. The first-order chi connectivity index (χ1) is 9.19. The molecule has 0 saturated carbocycles. The van der Waals surface area contributed by atoms with Crippen LogP contribution in [-0.2, 0) is 11.3 Å². The molecule has 1 aliphatic rings. The Morgan fingerprint density at radius 1 is 1.42 bits per heavy atom. The molecule has 1 N–H and O–H groups in total. The molecule has 19 heavy (non-hydrogen) atoms. The predicted molar refractivity (Wildman–Crippen MR) is 74.8 cm³/mol. The van der Waals surface area contributed by atoms with Crippen LogP contribution < -0.4 is 14.8 Å². The van der Waals surface area contributed by atoms with E-state index in [1.165, 1.54) is 0 Å². The van der Waals surface area contributed by atoms with Crippen molar-refractivity contribution in [2.24, 2.45) is 0 Å². The van der Waals surface area contributed by atoms with E-state index in [-0.39, 0.29) is 6.10 Å². The van der Waals surface area contributed by atoms with Crippen LogP contribution in [0.2, 0.25) is 0 Å². The number of ether oxygens (including phenoxy) is 3. The van der Waals surface area contributed by atoms with Gasteiger partial charge in [0.1, 0.15) is 17.6 Å². The topological polar surface area (TPSA) is 39.7 Å². The summed E-state index contributed by atoms with van der Waals surface area (Å²) in [5.41, 5.74) is 1.15. The van der Waals surface area contributed by atoms with Gasteiger partial charge in [-0.2, -0.15) is 0 Å².